The maximum Gasteiger partial charge on any atom is 0.0595 e. The van der Waals surface area contributed by atoms with Crippen LogP contribution in [0.4, 0.5) is 0 Å². The summed E-state index contributed by atoms with van der Waals surface area (Å²) in [5, 5.41) is 2.09. The predicted octanol–water partition coefficient (Wildman–Crippen LogP) is 2.47. The van der Waals surface area contributed by atoms with E-state index in [1.165, 1.54) is 4.21 Å². The molecule has 7 heavy (non-hydrogen) atoms. The second kappa shape index (κ2) is 2.38. The van der Waals surface area contributed by atoms with E-state index in [-0.39, 0.29) is 0 Å². The molecule has 0 unspecified atom stereocenters. The number of hydrogen-bond acceptors (Lipinski definition) is 2. The molecule has 0 bridgehead atoms. The minimum absolute atomic E-state index is 1.39. The van der Waals surface area contributed by atoms with Crippen molar-refractivity contribution in [2.75, 3.05) is 6.26 Å². The predicted molar refractivity (Wildman–Crippen MR) is 36.1 cm³/mol. The molecule has 0 amide bonds. The van der Waals surface area contributed by atoms with Gasteiger partial charge in [0.05, 0.1) is 4.21 Å². The summed E-state index contributed by atoms with van der Waals surface area (Å²) < 4.78 is 1.39. The summed E-state index contributed by atoms with van der Waals surface area (Å²) in [5.74, 6) is 0. The van der Waals surface area contributed by atoms with Crippen molar-refractivity contribution in [2.24, 2.45) is 0 Å². The zero-order chi connectivity index (χ0) is 5.11. The molecule has 0 saturated heterocycles. The average molecular weight is 130 g/mol. The number of hydrogen-bond donors (Lipinski definition) is 0. The highest BCUT2D eigenvalue weighted by atomic mass is 32.2. The van der Waals surface area contributed by atoms with E-state index in [9.17, 15) is 0 Å². The average Bonchev–Trinajstić information content (AvgIpc) is 2.14. The highest BCUT2D eigenvalue weighted by molar-refractivity contribution is 8.00. The van der Waals surface area contributed by atoms with E-state index in [4.69, 9.17) is 0 Å². The summed E-state index contributed by atoms with van der Waals surface area (Å²) in [4.78, 5) is 0. The molecule has 0 aliphatic carbocycles. The molecule has 1 rings (SSSR count). The Bertz CT molecular complexity index is 121. The van der Waals surface area contributed by atoms with Crippen molar-refractivity contribution < 1.29 is 0 Å². The maximum absolute atomic E-state index is 2.12. The van der Waals surface area contributed by atoms with E-state index >= 15 is 0 Å². The summed E-state index contributed by atoms with van der Waals surface area (Å²) in [6.07, 6.45) is 2.09. The van der Waals surface area contributed by atoms with Crippen molar-refractivity contribution in [1.82, 2.24) is 0 Å². The van der Waals surface area contributed by atoms with Gasteiger partial charge in [-0.15, -0.1) is 23.1 Å². The van der Waals surface area contributed by atoms with E-state index < -0.39 is 0 Å². The largest absolute Gasteiger partial charge is 0.137 e. The Morgan fingerprint density at radius 2 is 2.57 bits per heavy atom. The van der Waals surface area contributed by atoms with Gasteiger partial charge in [-0.1, -0.05) is 6.07 Å². The van der Waals surface area contributed by atoms with Crippen LogP contribution in [0.25, 0.3) is 0 Å². The first-order valence-corrected chi connectivity index (χ1v) is 4.11. The van der Waals surface area contributed by atoms with Gasteiger partial charge in [-0.25, -0.2) is 0 Å². The van der Waals surface area contributed by atoms with Crippen LogP contribution in [-0.2, 0) is 0 Å². The van der Waals surface area contributed by atoms with Crippen LogP contribution in [0.2, 0.25) is 0 Å². The molecule has 0 N–H and O–H groups in total. The minimum Gasteiger partial charge on any atom is -0.137 e. The summed E-state index contributed by atoms with van der Waals surface area (Å²) >= 11 is 3.58. The summed E-state index contributed by atoms with van der Waals surface area (Å²) in [6.45, 7) is 0. The normalized spacial score (nSPS) is 9.29. The topological polar surface area (TPSA) is 0 Å². The molecule has 0 spiro atoms. The zero-order valence-electron chi connectivity index (χ0n) is 4.05. The molecule has 0 nitrogen and oxygen atoms in total. The first kappa shape index (κ1) is 5.19. The highest BCUT2D eigenvalue weighted by Crippen LogP contribution is 2.19. The van der Waals surface area contributed by atoms with Crippen LogP contribution in [0.15, 0.2) is 21.7 Å². The van der Waals surface area contributed by atoms with Gasteiger partial charge in [0.15, 0.2) is 0 Å². The maximum atomic E-state index is 2.12. The van der Waals surface area contributed by atoms with E-state index in [0.29, 0.717) is 0 Å². The monoisotopic (exact) mass is 130 g/mol. The lowest BCUT2D eigenvalue weighted by Gasteiger charge is -1.78. The van der Waals surface area contributed by atoms with Gasteiger partial charge >= 0.3 is 0 Å². The summed E-state index contributed by atoms with van der Waals surface area (Å²) in [5.41, 5.74) is 0. The quantitative estimate of drug-likeness (QED) is 0.526. The van der Waals surface area contributed by atoms with Crippen LogP contribution in [-0.4, -0.2) is 6.26 Å². The molecular weight excluding hydrogens is 124 g/mol. The Balaban J connectivity index is 2.76. The van der Waals surface area contributed by atoms with Crippen LogP contribution in [0.1, 0.15) is 0 Å². The van der Waals surface area contributed by atoms with Crippen molar-refractivity contribution in [2.45, 2.75) is 4.21 Å². The van der Waals surface area contributed by atoms with Gasteiger partial charge in [-0.3, -0.25) is 0 Å². The molecule has 1 aromatic rings. The Hall–Kier alpha value is 0.0500. The van der Waals surface area contributed by atoms with Crippen LogP contribution in [0.3, 0.4) is 0 Å². The zero-order valence-corrected chi connectivity index (χ0v) is 5.68. The molecule has 1 aromatic heterocycles. The van der Waals surface area contributed by atoms with E-state index in [2.05, 4.69) is 23.8 Å². The molecule has 0 aliphatic heterocycles. The number of thioether (sulfide) groups is 1. The van der Waals surface area contributed by atoms with Gasteiger partial charge in [-0.2, -0.15) is 0 Å². The number of thiophene rings is 1. The second-order valence-electron chi connectivity index (χ2n) is 1.14. The lowest BCUT2D eigenvalue weighted by atomic mass is 10.7. The highest BCUT2D eigenvalue weighted by Gasteiger charge is 1.83. The third-order valence-electron chi connectivity index (χ3n) is 0.696. The first-order valence-electron chi connectivity index (χ1n) is 2.01. The smallest absolute Gasteiger partial charge is 0.0595 e. The van der Waals surface area contributed by atoms with E-state index in [0.717, 1.165) is 0 Å². The molecular formula is C5H6S2. The van der Waals surface area contributed by atoms with Gasteiger partial charge in [0.2, 0.25) is 0 Å². The molecule has 0 fully saturated rings. The molecule has 0 radical (unpaired) electrons. The Morgan fingerprint density at radius 3 is 2.86 bits per heavy atom. The fraction of sp³-hybridized carbons (Fsp3) is 0.200. The van der Waals surface area contributed by atoms with Gasteiger partial charge in [0.1, 0.15) is 0 Å². The molecule has 38 valence electrons. The molecule has 2 heteroatoms. The molecule has 0 atom stereocenters. The van der Waals surface area contributed by atoms with Crippen molar-refractivity contribution in [3.63, 3.8) is 0 Å². The Labute approximate surface area is 51.6 Å². The first-order chi connectivity index (χ1) is 3.43. The van der Waals surface area contributed by atoms with Crippen molar-refractivity contribution in [3.05, 3.63) is 17.5 Å². The lowest BCUT2D eigenvalue weighted by molar-refractivity contribution is 1.75. The van der Waals surface area contributed by atoms with Crippen LogP contribution >= 0.6 is 23.1 Å². The molecule has 0 saturated carbocycles. The lowest BCUT2D eigenvalue weighted by Crippen LogP contribution is -1.45. The second-order valence-corrected chi connectivity index (χ2v) is 3.19. The molecule has 0 aromatic carbocycles. The van der Waals surface area contributed by atoms with Gasteiger partial charge in [0.25, 0.3) is 0 Å². The van der Waals surface area contributed by atoms with Crippen molar-refractivity contribution in [1.29, 1.82) is 0 Å². The standard InChI is InChI=1S/C5H6S2/c1-6-5-3-2-4-7-5/h2-4H,1H3. The molecule has 0 aliphatic rings. The fourth-order valence-electron chi connectivity index (χ4n) is 0.380. The summed E-state index contributed by atoms with van der Waals surface area (Å²) in [7, 11) is 0. The third-order valence-corrected chi connectivity index (χ3v) is 2.68. The van der Waals surface area contributed by atoms with Crippen molar-refractivity contribution in [3.8, 4) is 0 Å². The van der Waals surface area contributed by atoms with Crippen LogP contribution < -0.4 is 0 Å². The van der Waals surface area contributed by atoms with Gasteiger partial charge in [-0.05, 0) is 17.7 Å². The van der Waals surface area contributed by atoms with Gasteiger partial charge < -0.3 is 0 Å². The van der Waals surface area contributed by atoms with Crippen molar-refractivity contribution >= 4 is 23.1 Å². The van der Waals surface area contributed by atoms with E-state index in [1.54, 1.807) is 23.1 Å². The Morgan fingerprint density at radius 1 is 1.71 bits per heavy atom. The van der Waals surface area contributed by atoms with Gasteiger partial charge in [0, 0.05) is 0 Å². The van der Waals surface area contributed by atoms with E-state index in [1.807, 2.05) is 0 Å². The molecule has 1 heterocycles. The minimum atomic E-state index is 1.39. The fourth-order valence-corrected chi connectivity index (χ4v) is 1.59. The van der Waals surface area contributed by atoms with Crippen LogP contribution in [0, 0.1) is 0 Å². The van der Waals surface area contributed by atoms with Crippen LogP contribution in [0.5, 0.6) is 0 Å². The Kier molecular flexibility index (Phi) is 1.77. The summed E-state index contributed by atoms with van der Waals surface area (Å²) in [6, 6.07) is 4.19. The number of rotatable bonds is 1. The third kappa shape index (κ3) is 1.21. The SMILES string of the molecule is CSc1cccs1.